The van der Waals surface area contributed by atoms with Crippen LogP contribution in [0, 0.1) is 5.92 Å². The van der Waals surface area contributed by atoms with Gasteiger partial charge in [0.1, 0.15) is 0 Å². The number of esters is 1. The van der Waals surface area contributed by atoms with Crippen LogP contribution in [0.15, 0.2) is 0 Å². The Bertz CT molecular complexity index is 241. The van der Waals surface area contributed by atoms with E-state index in [4.69, 9.17) is 4.74 Å². The van der Waals surface area contributed by atoms with Gasteiger partial charge in [-0.15, -0.1) is 0 Å². The Kier molecular flexibility index (Phi) is 8.40. The fourth-order valence-corrected chi connectivity index (χ4v) is 1.40. The molecule has 0 rings (SSSR count). The summed E-state index contributed by atoms with van der Waals surface area (Å²) in [5.41, 5.74) is 0. The number of carbonyl (C=O) groups is 2. The van der Waals surface area contributed by atoms with Crippen molar-refractivity contribution in [3.8, 4) is 0 Å². The number of aliphatic hydroxyl groups is 1. The van der Waals surface area contributed by atoms with Crippen LogP contribution in [0.4, 0.5) is 0 Å². The first-order valence-corrected chi connectivity index (χ1v) is 6.06. The zero-order valence-electron chi connectivity index (χ0n) is 10.9. The highest BCUT2D eigenvalue weighted by Gasteiger charge is 2.10. The number of rotatable bonds is 8. The van der Waals surface area contributed by atoms with Crippen molar-refractivity contribution in [3.63, 3.8) is 0 Å². The Balaban J connectivity index is 3.62. The van der Waals surface area contributed by atoms with Crippen LogP contribution in [-0.2, 0) is 14.3 Å². The molecule has 1 amide bonds. The standard InChI is InChI=1S/C12H23NO4/c1-4-17-12(16)6-5-11(15)13-8-10(14)7-9(2)3/h9-10,14H,4-8H2,1-3H3,(H,13,15). The molecule has 0 aliphatic carbocycles. The lowest BCUT2D eigenvalue weighted by atomic mass is 10.1. The van der Waals surface area contributed by atoms with Gasteiger partial charge in [0.05, 0.1) is 19.1 Å². The summed E-state index contributed by atoms with van der Waals surface area (Å²) in [5.74, 6) is -0.215. The summed E-state index contributed by atoms with van der Waals surface area (Å²) in [5, 5.41) is 12.1. The molecule has 0 saturated carbocycles. The van der Waals surface area contributed by atoms with Crippen molar-refractivity contribution in [3.05, 3.63) is 0 Å². The maximum absolute atomic E-state index is 11.3. The molecule has 2 N–H and O–H groups in total. The minimum absolute atomic E-state index is 0.0833. The largest absolute Gasteiger partial charge is 0.466 e. The van der Waals surface area contributed by atoms with Crippen LogP contribution in [0.25, 0.3) is 0 Å². The molecule has 0 aromatic carbocycles. The normalized spacial score (nSPS) is 12.3. The molecule has 100 valence electrons. The Labute approximate surface area is 103 Å². The SMILES string of the molecule is CCOC(=O)CCC(=O)NCC(O)CC(C)C. The van der Waals surface area contributed by atoms with E-state index in [9.17, 15) is 14.7 Å². The topological polar surface area (TPSA) is 75.6 Å². The first kappa shape index (κ1) is 15.9. The van der Waals surface area contributed by atoms with Crippen molar-refractivity contribution < 1.29 is 19.4 Å². The van der Waals surface area contributed by atoms with Crippen molar-refractivity contribution in [2.75, 3.05) is 13.2 Å². The lowest BCUT2D eigenvalue weighted by molar-refractivity contribution is -0.144. The van der Waals surface area contributed by atoms with E-state index in [1.165, 1.54) is 0 Å². The number of carbonyl (C=O) groups excluding carboxylic acids is 2. The zero-order chi connectivity index (χ0) is 13.3. The van der Waals surface area contributed by atoms with Crippen molar-refractivity contribution in [2.24, 2.45) is 5.92 Å². The fourth-order valence-electron chi connectivity index (χ4n) is 1.40. The molecule has 5 nitrogen and oxygen atoms in total. The van der Waals surface area contributed by atoms with Crippen LogP contribution in [0.1, 0.15) is 40.0 Å². The molecule has 0 aromatic rings. The summed E-state index contributed by atoms with van der Waals surface area (Å²) in [4.78, 5) is 22.3. The number of hydrogen-bond donors (Lipinski definition) is 2. The molecule has 0 bridgehead atoms. The average molecular weight is 245 g/mol. The molecule has 1 unspecified atom stereocenters. The van der Waals surface area contributed by atoms with E-state index < -0.39 is 6.10 Å². The Hall–Kier alpha value is -1.10. The predicted molar refractivity (Wildman–Crippen MR) is 64.3 cm³/mol. The van der Waals surface area contributed by atoms with Gasteiger partial charge < -0.3 is 15.2 Å². The summed E-state index contributed by atoms with van der Waals surface area (Å²) in [6, 6.07) is 0. The van der Waals surface area contributed by atoms with Gasteiger partial charge in [-0.3, -0.25) is 9.59 Å². The third-order valence-electron chi connectivity index (χ3n) is 2.14. The molecule has 1 atom stereocenters. The highest BCUT2D eigenvalue weighted by molar-refractivity contribution is 5.81. The first-order valence-electron chi connectivity index (χ1n) is 6.06. The molecule has 17 heavy (non-hydrogen) atoms. The minimum Gasteiger partial charge on any atom is -0.466 e. The van der Waals surface area contributed by atoms with Crippen LogP contribution in [0.3, 0.4) is 0 Å². The monoisotopic (exact) mass is 245 g/mol. The van der Waals surface area contributed by atoms with E-state index >= 15 is 0 Å². The van der Waals surface area contributed by atoms with E-state index in [0.29, 0.717) is 18.9 Å². The third-order valence-corrected chi connectivity index (χ3v) is 2.14. The molecular weight excluding hydrogens is 222 g/mol. The molecule has 0 aliphatic heterocycles. The van der Waals surface area contributed by atoms with E-state index in [1.807, 2.05) is 13.8 Å². The second-order valence-electron chi connectivity index (χ2n) is 4.39. The predicted octanol–water partition coefficient (Wildman–Crippen LogP) is 0.853. The third kappa shape index (κ3) is 9.81. The lowest BCUT2D eigenvalue weighted by Gasteiger charge is -2.13. The van der Waals surface area contributed by atoms with Gasteiger partial charge in [-0.1, -0.05) is 13.8 Å². The maximum atomic E-state index is 11.3. The minimum atomic E-state index is -0.526. The lowest BCUT2D eigenvalue weighted by Crippen LogP contribution is -2.33. The van der Waals surface area contributed by atoms with Gasteiger partial charge in [-0.25, -0.2) is 0 Å². The summed E-state index contributed by atoms with van der Waals surface area (Å²) < 4.78 is 4.70. The number of hydrogen-bond acceptors (Lipinski definition) is 4. The summed E-state index contributed by atoms with van der Waals surface area (Å²) in [6.07, 6.45) is 0.312. The van der Waals surface area contributed by atoms with Gasteiger partial charge in [0, 0.05) is 13.0 Å². The average Bonchev–Trinajstić information content (AvgIpc) is 2.23. The molecule has 0 aromatic heterocycles. The van der Waals surface area contributed by atoms with Gasteiger partial charge in [0.25, 0.3) is 0 Å². The van der Waals surface area contributed by atoms with Crippen LogP contribution >= 0.6 is 0 Å². The zero-order valence-corrected chi connectivity index (χ0v) is 10.9. The molecule has 0 fully saturated rings. The van der Waals surface area contributed by atoms with Crippen LogP contribution in [-0.4, -0.2) is 36.2 Å². The van der Waals surface area contributed by atoms with Crippen LogP contribution in [0.5, 0.6) is 0 Å². The second kappa shape index (κ2) is 8.98. The van der Waals surface area contributed by atoms with Gasteiger partial charge in [-0.05, 0) is 19.3 Å². The van der Waals surface area contributed by atoms with Crippen LogP contribution in [0.2, 0.25) is 0 Å². The highest BCUT2D eigenvalue weighted by Crippen LogP contribution is 2.03. The Morgan fingerprint density at radius 1 is 1.29 bits per heavy atom. The van der Waals surface area contributed by atoms with Crippen molar-refractivity contribution in [2.45, 2.75) is 46.1 Å². The van der Waals surface area contributed by atoms with Crippen molar-refractivity contribution in [1.82, 2.24) is 5.32 Å². The quantitative estimate of drug-likeness (QED) is 0.622. The number of ether oxygens (including phenoxy) is 1. The molecular formula is C12H23NO4. The van der Waals surface area contributed by atoms with Gasteiger partial charge in [0.2, 0.25) is 5.91 Å². The number of amides is 1. The summed E-state index contributed by atoms with van der Waals surface area (Å²) in [6.45, 7) is 6.30. The molecule has 0 aliphatic rings. The van der Waals surface area contributed by atoms with E-state index in [-0.39, 0.29) is 31.3 Å². The highest BCUT2D eigenvalue weighted by atomic mass is 16.5. The van der Waals surface area contributed by atoms with Crippen LogP contribution < -0.4 is 5.32 Å². The molecule has 0 radical (unpaired) electrons. The van der Waals surface area contributed by atoms with E-state index in [0.717, 1.165) is 0 Å². The van der Waals surface area contributed by atoms with Crippen molar-refractivity contribution in [1.29, 1.82) is 0 Å². The van der Waals surface area contributed by atoms with Gasteiger partial charge in [0.15, 0.2) is 0 Å². The van der Waals surface area contributed by atoms with Gasteiger partial charge in [-0.2, -0.15) is 0 Å². The molecule has 5 heteroatoms. The second-order valence-corrected chi connectivity index (χ2v) is 4.39. The smallest absolute Gasteiger partial charge is 0.306 e. The van der Waals surface area contributed by atoms with Gasteiger partial charge >= 0.3 is 5.97 Å². The maximum Gasteiger partial charge on any atom is 0.306 e. The Morgan fingerprint density at radius 2 is 1.94 bits per heavy atom. The Morgan fingerprint density at radius 3 is 2.47 bits per heavy atom. The summed E-state index contributed by atoms with van der Waals surface area (Å²) >= 11 is 0. The molecule has 0 heterocycles. The van der Waals surface area contributed by atoms with E-state index in [2.05, 4.69) is 5.32 Å². The number of nitrogens with one attached hydrogen (secondary N) is 1. The molecule has 0 spiro atoms. The van der Waals surface area contributed by atoms with E-state index in [1.54, 1.807) is 6.92 Å². The summed E-state index contributed by atoms with van der Waals surface area (Å²) in [7, 11) is 0. The first-order chi connectivity index (χ1) is 7.95. The molecule has 0 saturated heterocycles. The fraction of sp³-hybridized carbons (Fsp3) is 0.833. The number of aliphatic hydroxyl groups excluding tert-OH is 1. The van der Waals surface area contributed by atoms with Crippen molar-refractivity contribution >= 4 is 11.9 Å².